The highest BCUT2D eigenvalue weighted by molar-refractivity contribution is 6.32. The van der Waals surface area contributed by atoms with Gasteiger partial charge in [-0.15, -0.1) is 0 Å². The van der Waals surface area contributed by atoms with Crippen LogP contribution in [0.1, 0.15) is 34.3 Å². The quantitative estimate of drug-likeness (QED) is 0.386. The van der Waals surface area contributed by atoms with E-state index in [0.717, 1.165) is 24.4 Å². The number of nitrogens with zero attached hydrogens (tertiary/aromatic N) is 2. The van der Waals surface area contributed by atoms with Crippen LogP contribution in [0, 0.1) is 0 Å². The summed E-state index contributed by atoms with van der Waals surface area (Å²) in [5, 5.41) is 19.9. The Morgan fingerprint density at radius 3 is 2.47 bits per heavy atom. The van der Waals surface area contributed by atoms with E-state index in [1.54, 1.807) is 0 Å². The lowest BCUT2D eigenvalue weighted by Gasteiger charge is -2.38. The minimum Gasteiger partial charge on any atom is -0.482 e. The topological polar surface area (TPSA) is 109 Å². The van der Waals surface area contributed by atoms with Crippen molar-refractivity contribution in [2.24, 2.45) is 0 Å². The second kappa shape index (κ2) is 9.97. The number of aromatic nitrogens is 1. The molecule has 8 nitrogen and oxygen atoms in total. The number of benzene rings is 2. The minimum absolute atomic E-state index is 0.0209. The van der Waals surface area contributed by atoms with Gasteiger partial charge in [0, 0.05) is 24.2 Å². The van der Waals surface area contributed by atoms with Gasteiger partial charge in [-0.1, -0.05) is 42.3 Å². The number of rotatable bonds is 6. The summed E-state index contributed by atoms with van der Waals surface area (Å²) < 4.78 is 54.2. The molecule has 0 spiro atoms. The van der Waals surface area contributed by atoms with Gasteiger partial charge in [-0.3, -0.25) is 4.79 Å². The van der Waals surface area contributed by atoms with E-state index in [0.29, 0.717) is 0 Å². The van der Waals surface area contributed by atoms with Gasteiger partial charge in [0.2, 0.25) is 5.88 Å². The van der Waals surface area contributed by atoms with E-state index in [1.807, 2.05) is 0 Å². The van der Waals surface area contributed by atoms with E-state index in [2.05, 4.69) is 4.98 Å². The van der Waals surface area contributed by atoms with Crippen LogP contribution >= 0.6 is 23.2 Å². The number of amides is 1. The predicted molar refractivity (Wildman–Crippen MR) is 131 cm³/mol. The predicted octanol–water partition coefficient (Wildman–Crippen LogP) is 5.79. The average molecular weight is 571 g/mol. The molecule has 2 heterocycles. The van der Waals surface area contributed by atoms with Crippen molar-refractivity contribution in [2.75, 3.05) is 18.6 Å². The minimum atomic E-state index is -5.13. The van der Waals surface area contributed by atoms with Gasteiger partial charge in [0.25, 0.3) is 5.91 Å². The fourth-order valence-corrected chi connectivity index (χ4v) is 4.59. The number of carbonyl (C=O) groups is 2. The first-order valence-corrected chi connectivity index (χ1v) is 11.7. The first-order valence-electron chi connectivity index (χ1n) is 10.9. The number of hydrogen-bond acceptors (Lipinski definition) is 6. The Labute approximate surface area is 224 Å². The van der Waals surface area contributed by atoms with Crippen LogP contribution in [0.3, 0.4) is 0 Å². The third-order valence-electron chi connectivity index (χ3n) is 6.25. The van der Waals surface area contributed by atoms with E-state index in [4.69, 9.17) is 37.8 Å². The number of aromatic carboxylic acids is 1. The summed E-state index contributed by atoms with van der Waals surface area (Å²) in [6.07, 6.45) is -4.10. The van der Waals surface area contributed by atoms with Crippen molar-refractivity contribution >= 4 is 40.8 Å². The molecule has 1 amide bonds. The maximum absolute atomic E-state index is 14.4. The molecule has 13 heteroatoms. The van der Waals surface area contributed by atoms with Crippen molar-refractivity contribution in [1.82, 2.24) is 4.98 Å². The van der Waals surface area contributed by atoms with Crippen molar-refractivity contribution in [3.05, 3.63) is 75.4 Å². The molecule has 0 saturated heterocycles. The number of pyridine rings is 1. The molecule has 1 aliphatic heterocycles. The maximum atomic E-state index is 14.4. The van der Waals surface area contributed by atoms with Crippen LogP contribution in [0.15, 0.2) is 48.7 Å². The molecule has 3 aromatic rings. The normalized spacial score (nSPS) is 15.8. The molecule has 0 unspecified atom stereocenters. The van der Waals surface area contributed by atoms with E-state index < -0.39 is 29.2 Å². The van der Waals surface area contributed by atoms with E-state index >= 15 is 0 Å². The van der Waals surface area contributed by atoms with E-state index in [1.165, 1.54) is 43.1 Å². The Kier molecular flexibility index (Phi) is 7.21. The number of anilines is 1. The highest BCUT2D eigenvalue weighted by atomic mass is 35.5. The summed E-state index contributed by atoms with van der Waals surface area (Å²) >= 11 is 12.3. The van der Waals surface area contributed by atoms with Gasteiger partial charge in [-0.2, -0.15) is 13.2 Å². The van der Waals surface area contributed by atoms with E-state index in [-0.39, 0.29) is 56.8 Å². The van der Waals surface area contributed by atoms with Gasteiger partial charge in [0.05, 0.1) is 11.3 Å². The molecule has 38 heavy (non-hydrogen) atoms. The number of carbonyl (C=O) groups excluding carboxylic acids is 1. The molecule has 1 aliphatic rings. The summed E-state index contributed by atoms with van der Waals surface area (Å²) in [5.74, 6) is -3.26. The molecule has 0 aliphatic carbocycles. The average Bonchev–Trinajstić information content (AvgIpc) is 2.85. The Hall–Kier alpha value is -3.54. The molecule has 1 aromatic heterocycles. The number of hydrogen-bond donors (Lipinski definition) is 2. The van der Waals surface area contributed by atoms with Crippen molar-refractivity contribution < 1.29 is 42.4 Å². The van der Waals surface area contributed by atoms with Crippen LogP contribution in [0.2, 0.25) is 10.0 Å². The summed E-state index contributed by atoms with van der Waals surface area (Å²) in [7, 11) is 1.47. The van der Waals surface area contributed by atoms with Gasteiger partial charge in [0.1, 0.15) is 16.5 Å². The molecular weight excluding hydrogens is 552 g/mol. The number of likely N-dealkylation sites (N-methyl/N-ethyl adjacent to an activating group) is 1. The zero-order valence-electron chi connectivity index (χ0n) is 19.7. The third kappa shape index (κ3) is 4.84. The number of carboxylic acid groups (broad SMARTS) is 1. The van der Waals surface area contributed by atoms with Crippen molar-refractivity contribution in [3.8, 4) is 17.4 Å². The van der Waals surface area contributed by atoms with E-state index in [9.17, 15) is 27.9 Å². The van der Waals surface area contributed by atoms with Gasteiger partial charge in [-0.05, 0) is 41.5 Å². The fraction of sp³-hybridized carbons (Fsp3) is 0.240. The smallest absolute Gasteiger partial charge is 0.422 e. The largest absolute Gasteiger partial charge is 0.482 e. The van der Waals surface area contributed by atoms with Crippen LogP contribution < -0.4 is 14.4 Å². The second-order valence-corrected chi connectivity index (χ2v) is 9.33. The lowest BCUT2D eigenvalue weighted by molar-refractivity contribution is -0.274. The molecule has 4 rings (SSSR count). The molecule has 2 N–H and O–H groups in total. The molecular formula is C25H19Cl2F3N2O6. The summed E-state index contributed by atoms with van der Waals surface area (Å²) in [6, 6.07) is 8.35. The number of aliphatic hydroxyl groups is 1. The molecule has 0 bridgehead atoms. The lowest BCUT2D eigenvalue weighted by atomic mass is 9.77. The third-order valence-corrected chi connectivity index (χ3v) is 6.85. The Balaban J connectivity index is 1.68. The standard InChI is InChI=1S/C25H19Cl2F3N2O6/c1-12(16-5-4-15(9-17(16)26)38-22-18(27)7-13(10-31-22)23(34)35)24(36,25(28,29)30)14-3-6-19-20(8-14)37-11-21(33)32(19)2/h3-10,12,36H,11H2,1-2H3,(H,34,35)/t12-,24-/m1/s1. The Bertz CT molecular complexity index is 1430. The van der Waals surface area contributed by atoms with Crippen LogP contribution in [0.5, 0.6) is 17.4 Å². The number of ether oxygens (including phenoxy) is 2. The monoisotopic (exact) mass is 570 g/mol. The van der Waals surface area contributed by atoms with Gasteiger partial charge in [0.15, 0.2) is 12.2 Å². The Morgan fingerprint density at radius 1 is 1.16 bits per heavy atom. The summed E-state index contributed by atoms with van der Waals surface area (Å²) in [4.78, 5) is 28.0. The number of halogens is 5. The summed E-state index contributed by atoms with van der Waals surface area (Å²) in [5.41, 5.74) is -3.81. The van der Waals surface area contributed by atoms with Crippen molar-refractivity contribution in [1.29, 1.82) is 0 Å². The first kappa shape index (κ1) is 27.5. The zero-order chi connectivity index (χ0) is 28.0. The Morgan fingerprint density at radius 2 is 1.87 bits per heavy atom. The molecule has 200 valence electrons. The van der Waals surface area contributed by atoms with Crippen molar-refractivity contribution in [3.63, 3.8) is 0 Å². The highest BCUT2D eigenvalue weighted by Crippen LogP contribution is 2.51. The zero-order valence-corrected chi connectivity index (χ0v) is 21.2. The number of alkyl halides is 3. The molecule has 0 radical (unpaired) electrons. The highest BCUT2D eigenvalue weighted by Gasteiger charge is 2.59. The maximum Gasteiger partial charge on any atom is 0.422 e. The first-order chi connectivity index (χ1) is 17.7. The lowest BCUT2D eigenvalue weighted by Crippen LogP contribution is -2.46. The summed E-state index contributed by atoms with van der Waals surface area (Å²) in [6.45, 7) is 0.826. The number of carboxylic acids is 1. The van der Waals surface area contributed by atoms with Crippen LogP contribution in [0.25, 0.3) is 0 Å². The SMILES string of the molecule is C[C@H](c1ccc(Oc2ncc(C(=O)O)cc2Cl)cc1Cl)[C@@](O)(c1ccc2c(c1)OCC(=O)N2C)C(F)(F)F. The number of fused-ring (bicyclic) bond motifs is 1. The molecule has 0 fully saturated rings. The van der Waals surface area contributed by atoms with Crippen molar-refractivity contribution in [2.45, 2.75) is 24.6 Å². The molecule has 2 aromatic carbocycles. The second-order valence-electron chi connectivity index (χ2n) is 8.51. The fourth-order valence-electron chi connectivity index (χ4n) is 4.05. The van der Waals surface area contributed by atoms with Gasteiger partial charge < -0.3 is 24.6 Å². The van der Waals surface area contributed by atoms with Gasteiger partial charge >= 0.3 is 12.1 Å². The molecule has 0 saturated carbocycles. The van der Waals surface area contributed by atoms with Crippen LogP contribution in [-0.4, -0.2) is 46.9 Å². The molecule has 2 atom stereocenters. The van der Waals surface area contributed by atoms with Gasteiger partial charge in [-0.25, -0.2) is 9.78 Å². The van der Waals surface area contributed by atoms with Crippen LogP contribution in [-0.2, 0) is 10.4 Å². The van der Waals surface area contributed by atoms with Crippen LogP contribution in [0.4, 0.5) is 18.9 Å².